The smallest absolute Gasteiger partial charge is 0.341 e. The normalized spacial score (nSPS) is 19.1. The highest BCUT2D eigenvalue weighted by molar-refractivity contribution is 5.92. The van der Waals surface area contributed by atoms with E-state index in [1.54, 1.807) is 19.3 Å². The summed E-state index contributed by atoms with van der Waals surface area (Å²) in [6.07, 6.45) is 5.10. The first kappa shape index (κ1) is 12.4. The van der Waals surface area contributed by atoms with E-state index in [4.69, 9.17) is 9.47 Å². The van der Waals surface area contributed by atoms with Crippen molar-refractivity contribution in [3.8, 4) is 0 Å². The molecule has 0 saturated heterocycles. The minimum atomic E-state index is -0.378. The molecular weight excluding hydrogens is 230 g/mol. The molecule has 1 aliphatic rings. The largest absolute Gasteiger partial charge is 0.485 e. The lowest BCUT2D eigenvalue weighted by Crippen LogP contribution is -2.16. The van der Waals surface area contributed by atoms with Crippen LogP contribution in [-0.4, -0.2) is 18.1 Å². The predicted molar refractivity (Wildman–Crippen MR) is 66.5 cm³/mol. The van der Waals surface area contributed by atoms with Crippen molar-refractivity contribution in [2.75, 3.05) is 7.11 Å². The molecule has 0 aromatic carbocycles. The minimum Gasteiger partial charge on any atom is -0.485 e. The highest BCUT2D eigenvalue weighted by Crippen LogP contribution is 2.33. The zero-order valence-corrected chi connectivity index (χ0v) is 10.6. The van der Waals surface area contributed by atoms with Crippen LogP contribution in [0.4, 0.5) is 0 Å². The molecule has 0 amide bonds. The van der Waals surface area contributed by atoms with Crippen molar-refractivity contribution >= 4 is 5.97 Å². The summed E-state index contributed by atoms with van der Waals surface area (Å²) in [4.78, 5) is 15.6. The van der Waals surface area contributed by atoms with E-state index >= 15 is 0 Å². The number of ether oxygens (including phenoxy) is 2. The fourth-order valence-corrected chi connectivity index (χ4v) is 1.91. The molecule has 1 aliphatic heterocycles. The van der Waals surface area contributed by atoms with Crippen LogP contribution in [0, 0.1) is 0 Å². The van der Waals surface area contributed by atoms with E-state index in [2.05, 4.69) is 4.98 Å². The quantitative estimate of drug-likeness (QED) is 0.751. The zero-order chi connectivity index (χ0) is 13.1. The summed E-state index contributed by atoms with van der Waals surface area (Å²) in [5.74, 6) is 0.192. The fourth-order valence-electron chi connectivity index (χ4n) is 1.91. The van der Waals surface area contributed by atoms with Crippen molar-refractivity contribution in [2.24, 2.45) is 0 Å². The van der Waals surface area contributed by atoms with Crippen molar-refractivity contribution in [2.45, 2.75) is 20.0 Å². The molecule has 0 bridgehead atoms. The third-order valence-electron chi connectivity index (χ3n) is 2.85. The van der Waals surface area contributed by atoms with Gasteiger partial charge < -0.3 is 9.47 Å². The Morgan fingerprint density at radius 3 is 2.83 bits per heavy atom. The molecule has 4 heteroatoms. The Bertz CT molecular complexity index is 517. The minimum absolute atomic E-state index is 0.188. The summed E-state index contributed by atoms with van der Waals surface area (Å²) in [6, 6.07) is 3.81. The zero-order valence-electron chi connectivity index (χ0n) is 10.6. The lowest BCUT2D eigenvalue weighted by molar-refractivity contribution is -0.136. The second-order valence-corrected chi connectivity index (χ2v) is 4.13. The first-order valence-electron chi connectivity index (χ1n) is 5.67. The van der Waals surface area contributed by atoms with Gasteiger partial charge in [0.15, 0.2) is 0 Å². The van der Waals surface area contributed by atoms with Crippen LogP contribution in [0.3, 0.4) is 0 Å². The summed E-state index contributed by atoms with van der Waals surface area (Å²) < 4.78 is 10.5. The van der Waals surface area contributed by atoms with Gasteiger partial charge in [-0.2, -0.15) is 0 Å². The van der Waals surface area contributed by atoms with Gasteiger partial charge in [-0.15, -0.1) is 0 Å². The van der Waals surface area contributed by atoms with Gasteiger partial charge in [0.05, 0.1) is 12.7 Å². The van der Waals surface area contributed by atoms with Gasteiger partial charge in [-0.3, -0.25) is 4.98 Å². The van der Waals surface area contributed by atoms with Gasteiger partial charge in [0.2, 0.25) is 0 Å². The van der Waals surface area contributed by atoms with E-state index < -0.39 is 0 Å². The molecule has 0 N–H and O–H groups in total. The van der Waals surface area contributed by atoms with Crippen LogP contribution in [0.15, 0.2) is 47.5 Å². The van der Waals surface area contributed by atoms with Crippen molar-refractivity contribution in [1.82, 2.24) is 4.98 Å². The average Bonchev–Trinajstić information content (AvgIpc) is 2.41. The van der Waals surface area contributed by atoms with Crippen molar-refractivity contribution in [1.29, 1.82) is 0 Å². The molecule has 1 aromatic heterocycles. The highest BCUT2D eigenvalue weighted by atomic mass is 16.5. The van der Waals surface area contributed by atoms with E-state index in [0.717, 1.165) is 11.1 Å². The van der Waals surface area contributed by atoms with E-state index in [-0.39, 0.29) is 12.1 Å². The maximum Gasteiger partial charge on any atom is 0.341 e. The van der Waals surface area contributed by atoms with E-state index in [1.807, 2.05) is 25.1 Å². The van der Waals surface area contributed by atoms with Crippen LogP contribution < -0.4 is 0 Å². The van der Waals surface area contributed by atoms with Gasteiger partial charge in [-0.1, -0.05) is 6.07 Å². The Morgan fingerprint density at radius 2 is 2.22 bits per heavy atom. The molecule has 0 spiro atoms. The third kappa shape index (κ3) is 2.27. The number of nitrogens with zero attached hydrogens (tertiary/aromatic N) is 1. The molecule has 1 aromatic rings. The van der Waals surface area contributed by atoms with Gasteiger partial charge in [0, 0.05) is 18.0 Å². The topological polar surface area (TPSA) is 48.4 Å². The number of allylic oxidation sites excluding steroid dienone is 1. The van der Waals surface area contributed by atoms with Gasteiger partial charge in [-0.25, -0.2) is 4.79 Å². The fraction of sp³-hybridized carbons (Fsp3) is 0.286. The molecule has 0 aliphatic carbocycles. The van der Waals surface area contributed by atoms with Crippen LogP contribution in [-0.2, 0) is 14.3 Å². The highest BCUT2D eigenvalue weighted by Gasteiger charge is 2.25. The van der Waals surface area contributed by atoms with Crippen LogP contribution in [0.25, 0.3) is 0 Å². The molecule has 94 valence electrons. The number of hydrogen-bond acceptors (Lipinski definition) is 4. The van der Waals surface area contributed by atoms with Gasteiger partial charge >= 0.3 is 5.97 Å². The second kappa shape index (κ2) is 5.04. The van der Waals surface area contributed by atoms with Crippen LogP contribution >= 0.6 is 0 Å². The molecule has 2 rings (SSSR count). The van der Waals surface area contributed by atoms with Crippen molar-refractivity contribution < 1.29 is 14.3 Å². The molecule has 0 fully saturated rings. The number of esters is 1. The van der Waals surface area contributed by atoms with Crippen LogP contribution in [0.2, 0.25) is 0 Å². The lowest BCUT2D eigenvalue weighted by Gasteiger charge is -2.25. The SMILES string of the molecule is COC(=O)C1=C(C)O[C@H](c2cccnc2)C(C)=C1. The van der Waals surface area contributed by atoms with Crippen LogP contribution in [0.1, 0.15) is 25.5 Å². The molecule has 0 saturated carbocycles. The first-order valence-corrected chi connectivity index (χ1v) is 5.67. The predicted octanol–water partition coefficient (Wildman–Crippen LogP) is 2.55. The van der Waals surface area contributed by atoms with E-state index in [0.29, 0.717) is 11.3 Å². The van der Waals surface area contributed by atoms with Crippen molar-refractivity contribution in [3.05, 3.63) is 53.1 Å². The number of hydrogen-bond donors (Lipinski definition) is 0. The summed E-state index contributed by atoms with van der Waals surface area (Å²) in [7, 11) is 1.36. The van der Waals surface area contributed by atoms with Gasteiger partial charge in [0.1, 0.15) is 11.9 Å². The summed E-state index contributed by atoms with van der Waals surface area (Å²) >= 11 is 0. The van der Waals surface area contributed by atoms with Gasteiger partial charge in [0.25, 0.3) is 0 Å². The number of rotatable bonds is 2. The number of carbonyl (C=O) groups excluding carboxylic acids is 1. The number of carbonyl (C=O) groups is 1. The maximum absolute atomic E-state index is 11.5. The number of methoxy groups -OCH3 is 1. The Labute approximate surface area is 106 Å². The Kier molecular flexibility index (Phi) is 3.46. The molecular formula is C14H15NO3. The first-order chi connectivity index (χ1) is 8.63. The molecule has 1 atom stereocenters. The van der Waals surface area contributed by atoms with Gasteiger partial charge in [-0.05, 0) is 31.6 Å². The maximum atomic E-state index is 11.5. The molecule has 4 nitrogen and oxygen atoms in total. The number of pyridine rings is 1. The monoisotopic (exact) mass is 245 g/mol. The second-order valence-electron chi connectivity index (χ2n) is 4.13. The Hall–Kier alpha value is -2.10. The van der Waals surface area contributed by atoms with Crippen LogP contribution in [0.5, 0.6) is 0 Å². The number of aromatic nitrogens is 1. The molecule has 2 heterocycles. The molecule has 0 unspecified atom stereocenters. The molecule has 0 radical (unpaired) electrons. The Morgan fingerprint density at radius 1 is 1.44 bits per heavy atom. The summed E-state index contributed by atoms with van der Waals surface area (Å²) in [5.41, 5.74) is 2.39. The molecule has 18 heavy (non-hydrogen) atoms. The summed E-state index contributed by atoms with van der Waals surface area (Å²) in [6.45, 7) is 3.69. The summed E-state index contributed by atoms with van der Waals surface area (Å²) in [5, 5.41) is 0. The van der Waals surface area contributed by atoms with E-state index in [1.165, 1.54) is 7.11 Å². The van der Waals surface area contributed by atoms with Crippen molar-refractivity contribution in [3.63, 3.8) is 0 Å². The third-order valence-corrected chi connectivity index (χ3v) is 2.85. The average molecular weight is 245 g/mol. The Balaban J connectivity index is 2.31. The lowest BCUT2D eigenvalue weighted by atomic mass is 9.99. The standard InChI is InChI=1S/C14H15NO3/c1-9-7-12(14(16)17-3)10(2)18-13(9)11-5-4-6-15-8-11/h4-8,13H,1-3H3/t13-/m0/s1. The van der Waals surface area contributed by atoms with E-state index in [9.17, 15) is 4.79 Å².